The fourth-order valence-electron chi connectivity index (χ4n) is 13.7. The van der Waals surface area contributed by atoms with Crippen molar-refractivity contribution < 1.29 is 0 Å². The van der Waals surface area contributed by atoms with E-state index in [2.05, 4.69) is 195 Å². The van der Waals surface area contributed by atoms with E-state index in [1.807, 2.05) is 0 Å². The van der Waals surface area contributed by atoms with E-state index in [-0.39, 0.29) is 10.8 Å². The molecule has 1 spiro atoms. The minimum absolute atomic E-state index is 0.0944. The monoisotopic (exact) mass is 771 g/mol. The Kier molecular flexibility index (Phi) is 7.32. The van der Waals surface area contributed by atoms with Crippen molar-refractivity contribution >= 4 is 27.8 Å². The van der Waals surface area contributed by atoms with Crippen molar-refractivity contribution in [1.29, 1.82) is 0 Å². The standard InChI is InChI=1S/C59H49N/c1-58(2)53-17-9-8-15-50(53)51-27-25-48(36-56(51)58)60(46-23-21-40(22-24-46)43-20-19-39-11-6-7-14-42(39)34-43)47-26-28-54-52(35-47)57-49(41-12-4-3-5-13-41)16-10-18-55(57)59(54)44-30-37-29-38(32-44)33-45(59)31-37/h3-28,34-38,44-45H,29-33H2,1-2H3. The lowest BCUT2D eigenvalue weighted by molar-refractivity contribution is -0.0399. The van der Waals surface area contributed by atoms with Crippen LogP contribution in [0.1, 0.15) is 68.2 Å². The highest BCUT2D eigenvalue weighted by Crippen LogP contribution is 2.70. The van der Waals surface area contributed by atoms with Gasteiger partial charge in [0.15, 0.2) is 0 Å². The van der Waals surface area contributed by atoms with Gasteiger partial charge in [0.2, 0.25) is 0 Å². The second kappa shape index (κ2) is 12.7. The number of hydrogen-bond acceptors (Lipinski definition) is 1. The minimum atomic E-state index is -0.0964. The predicted molar refractivity (Wildman–Crippen MR) is 250 cm³/mol. The van der Waals surface area contributed by atoms with Crippen LogP contribution in [0.5, 0.6) is 0 Å². The van der Waals surface area contributed by atoms with Gasteiger partial charge in [0.05, 0.1) is 0 Å². The van der Waals surface area contributed by atoms with Crippen LogP contribution in [0.4, 0.5) is 17.1 Å². The van der Waals surface area contributed by atoms with E-state index in [0.717, 1.165) is 11.8 Å². The van der Waals surface area contributed by atoms with E-state index in [4.69, 9.17) is 0 Å². The molecule has 290 valence electrons. The third-order valence-corrected chi connectivity index (χ3v) is 16.0. The summed E-state index contributed by atoms with van der Waals surface area (Å²) in [6, 6.07) is 67.2. The van der Waals surface area contributed by atoms with Crippen molar-refractivity contribution in [2.24, 2.45) is 23.7 Å². The van der Waals surface area contributed by atoms with Gasteiger partial charge in [-0.25, -0.2) is 0 Å². The zero-order chi connectivity index (χ0) is 39.7. The van der Waals surface area contributed by atoms with Crippen LogP contribution in [0.2, 0.25) is 0 Å². The van der Waals surface area contributed by atoms with Crippen LogP contribution in [0.25, 0.3) is 55.3 Å². The molecule has 8 aromatic carbocycles. The first-order valence-electron chi connectivity index (χ1n) is 22.4. The van der Waals surface area contributed by atoms with Gasteiger partial charge in [-0.05, 0) is 176 Å². The number of hydrogen-bond donors (Lipinski definition) is 0. The number of anilines is 3. The molecule has 0 aliphatic heterocycles. The molecule has 4 saturated carbocycles. The zero-order valence-corrected chi connectivity index (χ0v) is 34.5. The van der Waals surface area contributed by atoms with E-state index >= 15 is 0 Å². The number of fused-ring (bicyclic) bond motifs is 7. The average molecular weight is 772 g/mol. The van der Waals surface area contributed by atoms with Gasteiger partial charge < -0.3 is 4.90 Å². The molecular formula is C59H49N. The molecule has 8 aromatic rings. The van der Waals surface area contributed by atoms with Gasteiger partial charge >= 0.3 is 0 Å². The largest absolute Gasteiger partial charge is 0.310 e. The molecule has 14 rings (SSSR count). The van der Waals surface area contributed by atoms with Crippen molar-refractivity contribution in [3.8, 4) is 44.5 Å². The summed E-state index contributed by atoms with van der Waals surface area (Å²) in [5.74, 6) is 3.24. The maximum Gasteiger partial charge on any atom is 0.0468 e. The summed E-state index contributed by atoms with van der Waals surface area (Å²) in [5, 5.41) is 2.54. The van der Waals surface area contributed by atoms with Crippen LogP contribution in [0.3, 0.4) is 0 Å². The lowest BCUT2D eigenvalue weighted by Crippen LogP contribution is -2.55. The van der Waals surface area contributed by atoms with Gasteiger partial charge in [0.1, 0.15) is 0 Å². The second-order valence-corrected chi connectivity index (χ2v) is 19.3. The molecule has 6 aliphatic rings. The Balaban J connectivity index is 1.01. The topological polar surface area (TPSA) is 3.24 Å². The number of rotatable bonds is 5. The molecule has 0 aromatic heterocycles. The summed E-state index contributed by atoms with van der Waals surface area (Å²) in [6.07, 6.45) is 6.99. The van der Waals surface area contributed by atoms with Gasteiger partial charge in [-0.3, -0.25) is 0 Å². The highest BCUT2D eigenvalue weighted by Gasteiger charge is 2.61. The summed E-state index contributed by atoms with van der Waals surface area (Å²) < 4.78 is 0. The summed E-state index contributed by atoms with van der Waals surface area (Å²) in [6.45, 7) is 4.79. The molecule has 4 fully saturated rings. The average Bonchev–Trinajstić information content (AvgIpc) is 3.71. The molecule has 6 aliphatic carbocycles. The Morgan fingerprint density at radius 1 is 0.383 bits per heavy atom. The molecular weight excluding hydrogens is 723 g/mol. The fourth-order valence-corrected chi connectivity index (χ4v) is 13.7. The van der Waals surface area contributed by atoms with Crippen LogP contribution in [-0.4, -0.2) is 0 Å². The quantitative estimate of drug-likeness (QED) is 0.168. The van der Waals surface area contributed by atoms with Crippen molar-refractivity contribution in [2.45, 2.75) is 56.8 Å². The summed E-state index contributed by atoms with van der Waals surface area (Å²) in [4.78, 5) is 2.54. The van der Waals surface area contributed by atoms with Gasteiger partial charge in [-0.1, -0.05) is 147 Å². The Labute approximate surface area is 354 Å². The summed E-state index contributed by atoms with van der Waals surface area (Å²) in [5.41, 5.74) is 20.4. The molecule has 1 nitrogen and oxygen atoms in total. The Hall–Kier alpha value is -6.18. The lowest BCUT2D eigenvalue weighted by Gasteiger charge is -2.61. The smallest absolute Gasteiger partial charge is 0.0468 e. The Morgan fingerprint density at radius 2 is 1.00 bits per heavy atom. The summed E-state index contributed by atoms with van der Waals surface area (Å²) >= 11 is 0. The number of nitrogens with zero attached hydrogens (tertiary/aromatic N) is 1. The van der Waals surface area contributed by atoms with Crippen molar-refractivity contribution in [1.82, 2.24) is 0 Å². The number of benzene rings is 8. The van der Waals surface area contributed by atoms with Gasteiger partial charge in [0, 0.05) is 27.9 Å². The van der Waals surface area contributed by atoms with Crippen LogP contribution in [0, 0.1) is 23.7 Å². The fraction of sp³-hybridized carbons (Fsp3) is 0.220. The van der Waals surface area contributed by atoms with E-state index in [9.17, 15) is 0 Å². The highest BCUT2D eigenvalue weighted by molar-refractivity contribution is 5.96. The van der Waals surface area contributed by atoms with Gasteiger partial charge in [0.25, 0.3) is 0 Å². The normalized spacial score (nSPS) is 23.4. The highest BCUT2D eigenvalue weighted by atomic mass is 15.1. The van der Waals surface area contributed by atoms with Crippen LogP contribution < -0.4 is 4.90 Å². The second-order valence-electron chi connectivity index (χ2n) is 19.3. The van der Waals surface area contributed by atoms with Crippen molar-refractivity contribution in [3.63, 3.8) is 0 Å². The van der Waals surface area contributed by atoms with E-state index in [1.54, 1.807) is 11.1 Å². The van der Waals surface area contributed by atoms with Crippen LogP contribution in [0.15, 0.2) is 176 Å². The molecule has 1 heteroatoms. The van der Waals surface area contributed by atoms with Gasteiger partial charge in [-0.2, -0.15) is 0 Å². The maximum atomic E-state index is 2.59. The van der Waals surface area contributed by atoms with E-state index in [1.165, 1.54) is 116 Å². The van der Waals surface area contributed by atoms with Crippen molar-refractivity contribution in [2.75, 3.05) is 4.90 Å². The Morgan fingerprint density at radius 3 is 1.80 bits per heavy atom. The third kappa shape index (κ3) is 4.81. The lowest BCUT2D eigenvalue weighted by atomic mass is 9.43. The molecule has 0 atom stereocenters. The molecule has 0 radical (unpaired) electrons. The zero-order valence-electron chi connectivity index (χ0n) is 34.5. The first kappa shape index (κ1) is 34.7. The Bertz CT molecular complexity index is 2990. The molecule has 0 unspecified atom stereocenters. The first-order valence-corrected chi connectivity index (χ1v) is 22.4. The summed E-state index contributed by atoms with van der Waals surface area (Å²) in [7, 11) is 0. The molecule has 0 heterocycles. The predicted octanol–water partition coefficient (Wildman–Crippen LogP) is 15.7. The molecule has 60 heavy (non-hydrogen) atoms. The SMILES string of the molecule is CC1(C)c2ccccc2-c2ccc(N(c3ccc(-c4ccc5ccccc5c4)cc3)c3ccc4c(c3)-c3c(-c5ccccc5)cccc3C43C4CC5CC(C4)CC3C5)cc21. The molecule has 0 saturated heterocycles. The van der Waals surface area contributed by atoms with Crippen LogP contribution >= 0.6 is 0 Å². The third-order valence-electron chi connectivity index (χ3n) is 16.0. The van der Waals surface area contributed by atoms with E-state index in [0.29, 0.717) is 11.8 Å². The van der Waals surface area contributed by atoms with Crippen LogP contribution in [-0.2, 0) is 10.8 Å². The molecule has 0 N–H and O–H groups in total. The van der Waals surface area contributed by atoms with Gasteiger partial charge in [-0.15, -0.1) is 0 Å². The maximum absolute atomic E-state index is 2.59. The van der Waals surface area contributed by atoms with E-state index < -0.39 is 0 Å². The minimum Gasteiger partial charge on any atom is -0.310 e. The first-order chi connectivity index (χ1) is 29.4. The molecule has 0 amide bonds. The molecule has 4 bridgehead atoms. The van der Waals surface area contributed by atoms with Crippen molar-refractivity contribution in [3.05, 3.63) is 198 Å².